The summed E-state index contributed by atoms with van der Waals surface area (Å²) in [5.74, 6) is 2.79. The minimum atomic E-state index is -3.66. The fourth-order valence-corrected chi connectivity index (χ4v) is 6.27. The highest BCUT2D eigenvalue weighted by Gasteiger charge is 2.36. The zero-order valence-electron chi connectivity index (χ0n) is 20.4. The number of piperazine rings is 1. The second kappa shape index (κ2) is 9.02. The second-order valence-corrected chi connectivity index (χ2v) is 11.0. The summed E-state index contributed by atoms with van der Waals surface area (Å²) in [5.41, 5.74) is 3.88. The number of hydrogen-bond donors (Lipinski definition) is 0. The fourth-order valence-electron chi connectivity index (χ4n) is 4.62. The van der Waals surface area contributed by atoms with Crippen molar-refractivity contribution in [3.8, 4) is 17.2 Å². The first-order valence-corrected chi connectivity index (χ1v) is 13.1. The average Bonchev–Trinajstić information content (AvgIpc) is 3.00. The maximum Gasteiger partial charge on any atom is 0.243 e. The van der Waals surface area contributed by atoms with E-state index in [1.807, 2.05) is 51.1 Å². The predicted molar refractivity (Wildman–Crippen MR) is 137 cm³/mol. The third-order valence-corrected chi connectivity index (χ3v) is 8.46. The lowest BCUT2D eigenvalue weighted by Crippen LogP contribution is -2.55. The van der Waals surface area contributed by atoms with Crippen molar-refractivity contribution >= 4 is 21.5 Å². The highest BCUT2D eigenvalue weighted by atomic mass is 32.2. The van der Waals surface area contributed by atoms with E-state index in [1.54, 1.807) is 28.6 Å². The molecule has 7 nitrogen and oxygen atoms in total. The summed E-state index contributed by atoms with van der Waals surface area (Å²) < 4.78 is 40.0. The molecule has 0 aromatic heterocycles. The van der Waals surface area contributed by atoms with Gasteiger partial charge in [-0.2, -0.15) is 4.31 Å². The number of aliphatic imine (C=N–C) groups is 1. The quantitative estimate of drug-likeness (QED) is 0.522. The fraction of sp³-hybridized carbons (Fsp3) is 0.296. The van der Waals surface area contributed by atoms with Crippen LogP contribution >= 0.6 is 0 Å². The first kappa shape index (κ1) is 23.4. The zero-order valence-corrected chi connectivity index (χ0v) is 21.2. The number of ether oxygens (including phenoxy) is 2. The minimum Gasteiger partial charge on any atom is -0.497 e. The van der Waals surface area contributed by atoms with Gasteiger partial charge in [0.25, 0.3) is 0 Å². The molecule has 0 spiro atoms. The van der Waals surface area contributed by atoms with E-state index < -0.39 is 10.0 Å². The Kier molecular flexibility index (Phi) is 6.02. The molecule has 0 aliphatic carbocycles. The molecule has 1 saturated heterocycles. The SMILES string of the molecule is COc1cccc(S(=O)(=O)N2CCN(C3=Nc4ccc(C)cc4Oc4ccc(C)cc43)C[C@@H]2C)c1. The van der Waals surface area contributed by atoms with Gasteiger partial charge in [0.2, 0.25) is 10.0 Å². The molecule has 2 aliphatic rings. The number of hydrogen-bond acceptors (Lipinski definition) is 6. The summed E-state index contributed by atoms with van der Waals surface area (Å²) in [6.45, 7) is 7.38. The molecule has 8 heteroatoms. The van der Waals surface area contributed by atoms with Gasteiger partial charge in [0.05, 0.1) is 17.6 Å². The zero-order chi connectivity index (χ0) is 24.7. The van der Waals surface area contributed by atoms with E-state index in [9.17, 15) is 8.42 Å². The molecule has 0 radical (unpaired) electrons. The van der Waals surface area contributed by atoms with Crippen LogP contribution in [0.15, 0.2) is 70.6 Å². The number of amidine groups is 1. The molecule has 0 N–H and O–H groups in total. The van der Waals surface area contributed by atoms with Crippen LogP contribution in [0.1, 0.15) is 23.6 Å². The first-order chi connectivity index (χ1) is 16.8. The normalized spacial score (nSPS) is 18.1. The van der Waals surface area contributed by atoms with E-state index in [0.29, 0.717) is 25.4 Å². The minimum absolute atomic E-state index is 0.239. The molecule has 182 valence electrons. The number of methoxy groups -OCH3 is 1. The number of rotatable bonds is 3. The Hall–Kier alpha value is -3.36. The van der Waals surface area contributed by atoms with Gasteiger partial charge in [-0.1, -0.05) is 23.8 Å². The van der Waals surface area contributed by atoms with Gasteiger partial charge in [0, 0.05) is 31.7 Å². The molecule has 3 aromatic rings. The number of fused-ring (bicyclic) bond motifs is 2. The van der Waals surface area contributed by atoms with Crippen LogP contribution < -0.4 is 9.47 Å². The second-order valence-electron chi connectivity index (χ2n) is 9.10. The van der Waals surface area contributed by atoms with Gasteiger partial charge in [-0.05, 0) is 62.7 Å². The van der Waals surface area contributed by atoms with Crippen LogP contribution in [0.5, 0.6) is 17.2 Å². The van der Waals surface area contributed by atoms with Crippen molar-refractivity contribution in [3.63, 3.8) is 0 Å². The maximum atomic E-state index is 13.4. The lowest BCUT2D eigenvalue weighted by atomic mass is 10.1. The average molecular weight is 492 g/mol. The van der Waals surface area contributed by atoms with Crippen molar-refractivity contribution in [2.24, 2.45) is 4.99 Å². The molecule has 0 saturated carbocycles. The van der Waals surface area contributed by atoms with Crippen molar-refractivity contribution in [1.29, 1.82) is 0 Å². The number of nitrogens with zero attached hydrogens (tertiary/aromatic N) is 3. The third-order valence-electron chi connectivity index (χ3n) is 6.45. The van der Waals surface area contributed by atoms with Gasteiger partial charge in [-0.25, -0.2) is 13.4 Å². The van der Waals surface area contributed by atoms with E-state index in [4.69, 9.17) is 14.5 Å². The topological polar surface area (TPSA) is 71.4 Å². The summed E-state index contributed by atoms with van der Waals surface area (Å²) >= 11 is 0. The smallest absolute Gasteiger partial charge is 0.243 e. The Morgan fingerprint density at radius 3 is 2.51 bits per heavy atom. The lowest BCUT2D eigenvalue weighted by molar-refractivity contribution is 0.205. The monoisotopic (exact) mass is 491 g/mol. The van der Waals surface area contributed by atoms with Crippen molar-refractivity contribution in [1.82, 2.24) is 9.21 Å². The van der Waals surface area contributed by atoms with Crippen molar-refractivity contribution < 1.29 is 17.9 Å². The highest BCUT2D eigenvalue weighted by molar-refractivity contribution is 7.89. The van der Waals surface area contributed by atoms with Gasteiger partial charge >= 0.3 is 0 Å². The Bertz CT molecular complexity index is 1420. The van der Waals surface area contributed by atoms with Crippen LogP contribution in [-0.4, -0.2) is 56.2 Å². The number of benzene rings is 3. The molecular weight excluding hydrogens is 462 g/mol. The van der Waals surface area contributed by atoms with E-state index in [-0.39, 0.29) is 10.9 Å². The highest BCUT2D eigenvalue weighted by Crippen LogP contribution is 2.39. The Morgan fingerprint density at radius 1 is 0.971 bits per heavy atom. The van der Waals surface area contributed by atoms with Crippen molar-refractivity contribution in [2.45, 2.75) is 31.7 Å². The van der Waals surface area contributed by atoms with E-state index in [2.05, 4.69) is 11.0 Å². The largest absolute Gasteiger partial charge is 0.497 e. The van der Waals surface area contributed by atoms with Gasteiger partial charge in [-0.15, -0.1) is 0 Å². The molecule has 1 atom stereocenters. The molecule has 0 amide bonds. The molecule has 2 heterocycles. The van der Waals surface area contributed by atoms with Crippen LogP contribution in [0.25, 0.3) is 0 Å². The molecule has 5 rings (SSSR count). The van der Waals surface area contributed by atoms with E-state index >= 15 is 0 Å². The van der Waals surface area contributed by atoms with E-state index in [1.165, 1.54) is 7.11 Å². The van der Waals surface area contributed by atoms with Gasteiger partial charge in [0.1, 0.15) is 23.0 Å². The third kappa shape index (κ3) is 4.39. The Balaban J connectivity index is 1.48. The predicted octanol–water partition coefficient (Wildman–Crippen LogP) is 4.89. The van der Waals surface area contributed by atoms with Crippen LogP contribution in [0, 0.1) is 13.8 Å². The molecule has 1 fully saturated rings. The van der Waals surface area contributed by atoms with Gasteiger partial charge < -0.3 is 14.4 Å². The first-order valence-electron chi connectivity index (χ1n) is 11.7. The molecule has 2 aliphatic heterocycles. The Morgan fingerprint density at radius 2 is 1.74 bits per heavy atom. The molecule has 35 heavy (non-hydrogen) atoms. The Labute approximate surface area is 206 Å². The van der Waals surface area contributed by atoms with E-state index in [0.717, 1.165) is 39.7 Å². The standard InChI is InChI=1S/C27H29N3O4S/c1-18-9-11-25-23(14-18)27(28-24-10-8-19(2)15-26(24)34-25)29-12-13-30(20(3)17-29)35(31,32)22-7-5-6-21(16-22)33-4/h5-11,14-16,20H,12-13,17H2,1-4H3/t20-/m0/s1. The molecule has 0 bridgehead atoms. The van der Waals surface area contributed by atoms with Crippen molar-refractivity contribution in [2.75, 3.05) is 26.7 Å². The van der Waals surface area contributed by atoms with Crippen LogP contribution in [-0.2, 0) is 10.0 Å². The van der Waals surface area contributed by atoms with Crippen LogP contribution in [0.3, 0.4) is 0 Å². The summed E-state index contributed by atoms with van der Waals surface area (Å²) in [7, 11) is -2.13. The van der Waals surface area contributed by atoms with Gasteiger partial charge in [0.15, 0.2) is 5.75 Å². The molecular formula is C27H29N3O4S. The molecule has 3 aromatic carbocycles. The van der Waals surface area contributed by atoms with Crippen LogP contribution in [0.4, 0.5) is 5.69 Å². The lowest BCUT2D eigenvalue weighted by Gasteiger charge is -2.40. The van der Waals surface area contributed by atoms with Crippen molar-refractivity contribution in [3.05, 3.63) is 77.4 Å². The summed E-state index contributed by atoms with van der Waals surface area (Å²) in [6.07, 6.45) is 0. The number of sulfonamides is 1. The number of aryl methyl sites for hydroxylation is 2. The maximum absolute atomic E-state index is 13.4. The summed E-state index contributed by atoms with van der Waals surface area (Å²) in [6, 6.07) is 18.4. The van der Waals surface area contributed by atoms with Gasteiger partial charge in [-0.3, -0.25) is 0 Å². The van der Waals surface area contributed by atoms with Crippen LogP contribution in [0.2, 0.25) is 0 Å². The summed E-state index contributed by atoms with van der Waals surface area (Å²) in [5, 5.41) is 0. The molecule has 0 unspecified atom stereocenters. The summed E-state index contributed by atoms with van der Waals surface area (Å²) in [4.78, 5) is 7.43.